The van der Waals surface area contributed by atoms with E-state index in [1.165, 1.54) is 47.8 Å². The molecule has 1 aliphatic rings. The van der Waals surface area contributed by atoms with Gasteiger partial charge >= 0.3 is 6.09 Å². The summed E-state index contributed by atoms with van der Waals surface area (Å²) in [6.07, 6.45) is 7.47. The van der Waals surface area contributed by atoms with Crippen LogP contribution in [0.25, 0.3) is 10.9 Å². The molecule has 3 rings (SSSR count). The number of hydrogen-bond acceptors (Lipinski definition) is 2. The second kappa shape index (κ2) is 7.91. The number of amides is 1. The molecule has 5 heteroatoms. The third-order valence-electron chi connectivity index (χ3n) is 5.12. The van der Waals surface area contributed by atoms with Crippen LogP contribution in [-0.2, 0) is 19.4 Å². The Morgan fingerprint density at radius 2 is 1.96 bits per heavy atom. The van der Waals surface area contributed by atoms with Gasteiger partial charge in [-0.2, -0.15) is 0 Å². The van der Waals surface area contributed by atoms with Crippen LogP contribution < -0.4 is 5.32 Å². The van der Waals surface area contributed by atoms with Gasteiger partial charge in [0.2, 0.25) is 0 Å². The molecule has 0 aliphatic heterocycles. The summed E-state index contributed by atoms with van der Waals surface area (Å²) < 4.78 is 2.45. The van der Waals surface area contributed by atoms with E-state index in [2.05, 4.69) is 34.9 Å². The van der Waals surface area contributed by atoms with E-state index in [-0.39, 0.29) is 0 Å². The maximum Gasteiger partial charge on any atom is 0.409 e. The molecule has 0 saturated heterocycles. The van der Waals surface area contributed by atoms with Gasteiger partial charge in [0.25, 0.3) is 0 Å². The Balaban J connectivity index is 2.03. The molecule has 0 unspecified atom stereocenters. The first kappa shape index (κ1) is 17.8. The van der Waals surface area contributed by atoms with Crippen molar-refractivity contribution in [2.75, 3.05) is 26.0 Å². The second-order valence-electron chi connectivity index (χ2n) is 7.31. The first-order valence-corrected chi connectivity index (χ1v) is 9.35. The molecule has 1 aliphatic carbocycles. The number of fused-ring (bicyclic) bond motifs is 3. The molecular formula is C20H29N3O2. The smallest absolute Gasteiger partial charge is 0.409 e. The highest BCUT2D eigenvalue weighted by Gasteiger charge is 2.18. The van der Waals surface area contributed by atoms with E-state index in [9.17, 15) is 4.79 Å². The van der Waals surface area contributed by atoms with Crippen LogP contribution in [-0.4, -0.2) is 41.3 Å². The van der Waals surface area contributed by atoms with Crippen LogP contribution >= 0.6 is 0 Å². The van der Waals surface area contributed by atoms with Gasteiger partial charge in [0.15, 0.2) is 0 Å². The van der Waals surface area contributed by atoms with Crippen LogP contribution in [0.4, 0.5) is 10.5 Å². The number of carboxylic acid groups (broad SMARTS) is 1. The van der Waals surface area contributed by atoms with Gasteiger partial charge in [-0.1, -0.05) is 18.9 Å². The zero-order chi connectivity index (χ0) is 17.8. The molecule has 2 N–H and O–H groups in total. The van der Waals surface area contributed by atoms with Gasteiger partial charge in [0.05, 0.1) is 5.52 Å². The van der Waals surface area contributed by atoms with Crippen molar-refractivity contribution in [2.45, 2.75) is 51.5 Å². The summed E-state index contributed by atoms with van der Waals surface area (Å²) in [5.41, 5.74) is 4.79. The quantitative estimate of drug-likeness (QED) is 0.849. The summed E-state index contributed by atoms with van der Waals surface area (Å²) in [6, 6.07) is 5.99. The highest BCUT2D eigenvalue weighted by atomic mass is 16.4. The van der Waals surface area contributed by atoms with Crippen molar-refractivity contribution in [3.63, 3.8) is 0 Å². The van der Waals surface area contributed by atoms with Gasteiger partial charge in [-0.25, -0.2) is 4.79 Å². The largest absolute Gasteiger partial charge is 0.465 e. The lowest BCUT2D eigenvalue weighted by Crippen LogP contribution is -2.16. The average Bonchev–Trinajstić information content (AvgIpc) is 2.78. The fraction of sp³-hybridized carbons (Fsp3) is 0.550. The second-order valence-corrected chi connectivity index (χ2v) is 7.31. The van der Waals surface area contributed by atoms with Crippen LogP contribution in [0.2, 0.25) is 0 Å². The zero-order valence-electron chi connectivity index (χ0n) is 15.3. The van der Waals surface area contributed by atoms with Crippen molar-refractivity contribution in [3.8, 4) is 0 Å². The molecule has 1 heterocycles. The Hall–Kier alpha value is -2.01. The number of carbonyl (C=O) groups is 1. The molecular weight excluding hydrogens is 314 g/mol. The summed E-state index contributed by atoms with van der Waals surface area (Å²) >= 11 is 0. The van der Waals surface area contributed by atoms with E-state index >= 15 is 0 Å². The van der Waals surface area contributed by atoms with Crippen LogP contribution in [0.5, 0.6) is 0 Å². The summed E-state index contributed by atoms with van der Waals surface area (Å²) in [5.74, 6) is 0. The highest BCUT2D eigenvalue weighted by Crippen LogP contribution is 2.33. The first-order chi connectivity index (χ1) is 12.1. The minimum absolute atomic E-state index is 0.652. The molecule has 0 atom stereocenters. The fourth-order valence-corrected chi connectivity index (χ4v) is 3.99. The van der Waals surface area contributed by atoms with Crippen LogP contribution in [0.1, 0.15) is 43.4 Å². The maximum atomic E-state index is 11.0. The number of benzene rings is 1. The van der Waals surface area contributed by atoms with Gasteiger partial charge in [-0.05, 0) is 70.4 Å². The Bertz CT molecular complexity index is 749. The van der Waals surface area contributed by atoms with Crippen molar-refractivity contribution < 1.29 is 9.90 Å². The van der Waals surface area contributed by atoms with Gasteiger partial charge in [0.1, 0.15) is 0 Å². The molecule has 136 valence electrons. The summed E-state index contributed by atoms with van der Waals surface area (Å²) in [6.45, 7) is 2.04. The molecule has 2 aromatic rings. The van der Waals surface area contributed by atoms with E-state index < -0.39 is 6.09 Å². The average molecular weight is 343 g/mol. The van der Waals surface area contributed by atoms with Crippen LogP contribution in [0.3, 0.4) is 0 Å². The molecule has 25 heavy (non-hydrogen) atoms. The number of nitrogens with one attached hydrogen (secondary N) is 1. The standard InChI is InChI=1S/C20H29N3O2/c1-22(2)12-7-13-23-18-9-6-4-3-5-8-16(18)17-11-10-15(14-19(17)23)21-20(24)25/h10-11,14,21H,3-9,12-13H2,1-2H3,(H,24,25). The Morgan fingerprint density at radius 1 is 1.20 bits per heavy atom. The Morgan fingerprint density at radius 3 is 2.68 bits per heavy atom. The van der Waals surface area contributed by atoms with E-state index in [1.807, 2.05) is 12.1 Å². The molecule has 1 aromatic heterocycles. The Kier molecular flexibility index (Phi) is 5.63. The molecule has 0 spiro atoms. The van der Waals surface area contributed by atoms with Crippen LogP contribution in [0.15, 0.2) is 18.2 Å². The zero-order valence-corrected chi connectivity index (χ0v) is 15.3. The van der Waals surface area contributed by atoms with E-state index in [0.717, 1.165) is 32.4 Å². The topological polar surface area (TPSA) is 57.5 Å². The summed E-state index contributed by atoms with van der Waals surface area (Å²) in [7, 11) is 4.21. The van der Waals surface area contributed by atoms with E-state index in [0.29, 0.717) is 5.69 Å². The third kappa shape index (κ3) is 4.15. The third-order valence-corrected chi connectivity index (χ3v) is 5.12. The lowest BCUT2D eigenvalue weighted by Gasteiger charge is -2.16. The van der Waals surface area contributed by atoms with Crippen molar-refractivity contribution in [1.29, 1.82) is 0 Å². The first-order valence-electron chi connectivity index (χ1n) is 9.35. The number of rotatable bonds is 5. The number of hydrogen-bond donors (Lipinski definition) is 2. The van der Waals surface area contributed by atoms with Gasteiger partial charge < -0.3 is 14.6 Å². The fourth-order valence-electron chi connectivity index (χ4n) is 3.99. The molecule has 5 nitrogen and oxygen atoms in total. The minimum Gasteiger partial charge on any atom is -0.465 e. The van der Waals surface area contributed by atoms with Gasteiger partial charge in [0, 0.05) is 23.3 Å². The summed E-state index contributed by atoms with van der Waals surface area (Å²) in [5, 5.41) is 12.8. The molecule has 1 aromatic carbocycles. The monoisotopic (exact) mass is 343 g/mol. The molecule has 0 fully saturated rings. The SMILES string of the molecule is CN(C)CCCn1c2c(c3ccc(NC(=O)O)cc31)CCCCCC2. The van der Waals surface area contributed by atoms with Gasteiger partial charge in [-0.3, -0.25) is 5.32 Å². The number of aromatic nitrogens is 1. The van der Waals surface area contributed by atoms with Crippen molar-refractivity contribution in [1.82, 2.24) is 9.47 Å². The van der Waals surface area contributed by atoms with E-state index in [1.54, 1.807) is 0 Å². The molecule has 1 amide bonds. The van der Waals surface area contributed by atoms with Gasteiger partial charge in [-0.15, -0.1) is 0 Å². The number of aryl methyl sites for hydroxylation is 2. The van der Waals surface area contributed by atoms with Crippen LogP contribution in [0, 0.1) is 0 Å². The summed E-state index contributed by atoms with van der Waals surface area (Å²) in [4.78, 5) is 13.2. The van der Waals surface area contributed by atoms with Crippen molar-refractivity contribution in [2.24, 2.45) is 0 Å². The van der Waals surface area contributed by atoms with Crippen molar-refractivity contribution >= 4 is 22.7 Å². The predicted octanol–water partition coefficient (Wildman–Crippen LogP) is 4.34. The minimum atomic E-state index is -1.01. The highest BCUT2D eigenvalue weighted by molar-refractivity contribution is 5.92. The number of anilines is 1. The molecule has 0 saturated carbocycles. The molecule has 0 bridgehead atoms. The van der Waals surface area contributed by atoms with Crippen molar-refractivity contribution in [3.05, 3.63) is 29.5 Å². The maximum absolute atomic E-state index is 11.0. The van der Waals surface area contributed by atoms with E-state index in [4.69, 9.17) is 5.11 Å². The molecule has 0 radical (unpaired) electrons. The normalized spacial score (nSPS) is 15.0. The lowest BCUT2D eigenvalue weighted by atomic mass is 9.96. The Labute approximate surface area is 149 Å². The lowest BCUT2D eigenvalue weighted by molar-refractivity contribution is 0.210. The predicted molar refractivity (Wildman–Crippen MR) is 103 cm³/mol. The number of nitrogens with zero attached hydrogens (tertiary/aromatic N) is 2.